The molecule has 0 unspecified atom stereocenters. The third-order valence-corrected chi connectivity index (χ3v) is 4.15. The van der Waals surface area contributed by atoms with Gasteiger partial charge in [0.15, 0.2) is 0 Å². The zero-order valence-corrected chi connectivity index (χ0v) is 13.5. The summed E-state index contributed by atoms with van der Waals surface area (Å²) in [6.45, 7) is 4.31. The quantitative estimate of drug-likeness (QED) is 0.734. The Kier molecular flexibility index (Phi) is 4.35. The standard InChI is InChI=1S/C16H14N6S/c1-11(2)12-6-8-14(9-7-12)22-16(19-20-21-22)23-15-5-3-4-13(10-17)18-15/h3-9,11H,1-2H3. The summed E-state index contributed by atoms with van der Waals surface area (Å²) < 4.78 is 1.66. The molecule has 1 aromatic carbocycles. The highest BCUT2D eigenvalue weighted by atomic mass is 32.2. The molecule has 0 fully saturated rings. The second-order valence-corrected chi connectivity index (χ2v) is 6.18. The van der Waals surface area contributed by atoms with Crippen LogP contribution in [0.1, 0.15) is 31.0 Å². The second kappa shape index (κ2) is 6.58. The molecular formula is C16H14N6S. The van der Waals surface area contributed by atoms with Crippen molar-refractivity contribution in [3.8, 4) is 11.8 Å². The zero-order chi connectivity index (χ0) is 16.2. The highest BCUT2D eigenvalue weighted by molar-refractivity contribution is 7.99. The van der Waals surface area contributed by atoms with Gasteiger partial charge in [0.25, 0.3) is 0 Å². The van der Waals surface area contributed by atoms with Crippen LogP contribution in [0, 0.1) is 11.3 Å². The second-order valence-electron chi connectivity index (χ2n) is 5.19. The van der Waals surface area contributed by atoms with Crippen molar-refractivity contribution in [1.82, 2.24) is 25.2 Å². The van der Waals surface area contributed by atoms with E-state index in [0.29, 0.717) is 21.8 Å². The van der Waals surface area contributed by atoms with Crippen molar-refractivity contribution >= 4 is 11.8 Å². The third-order valence-electron chi connectivity index (χ3n) is 3.28. The van der Waals surface area contributed by atoms with Crippen LogP contribution in [0.4, 0.5) is 0 Å². The smallest absolute Gasteiger partial charge is 0.220 e. The van der Waals surface area contributed by atoms with Gasteiger partial charge in [-0.3, -0.25) is 0 Å². The predicted molar refractivity (Wildman–Crippen MR) is 86.3 cm³/mol. The maximum Gasteiger partial charge on any atom is 0.220 e. The molecule has 7 heteroatoms. The fourth-order valence-electron chi connectivity index (χ4n) is 2.03. The van der Waals surface area contributed by atoms with Crippen LogP contribution in [0.3, 0.4) is 0 Å². The molecule has 0 spiro atoms. The van der Waals surface area contributed by atoms with Gasteiger partial charge in [0.1, 0.15) is 16.8 Å². The van der Waals surface area contributed by atoms with E-state index in [1.165, 1.54) is 17.3 Å². The lowest BCUT2D eigenvalue weighted by Gasteiger charge is -2.07. The van der Waals surface area contributed by atoms with Crippen molar-refractivity contribution in [1.29, 1.82) is 5.26 Å². The molecule has 3 rings (SSSR count). The molecule has 23 heavy (non-hydrogen) atoms. The third kappa shape index (κ3) is 3.38. The Balaban J connectivity index is 1.88. The first-order valence-corrected chi connectivity index (χ1v) is 7.93. The molecule has 2 aromatic heterocycles. The van der Waals surface area contributed by atoms with Gasteiger partial charge in [0.05, 0.1) is 5.69 Å². The van der Waals surface area contributed by atoms with E-state index in [2.05, 4.69) is 46.5 Å². The highest BCUT2D eigenvalue weighted by Crippen LogP contribution is 2.26. The largest absolute Gasteiger partial charge is 0.230 e. The van der Waals surface area contributed by atoms with E-state index in [4.69, 9.17) is 5.26 Å². The van der Waals surface area contributed by atoms with Crippen molar-refractivity contribution in [3.63, 3.8) is 0 Å². The lowest BCUT2D eigenvalue weighted by molar-refractivity contribution is 0.754. The summed E-state index contributed by atoms with van der Waals surface area (Å²) >= 11 is 1.32. The Bertz CT molecular complexity index is 848. The monoisotopic (exact) mass is 322 g/mol. The van der Waals surface area contributed by atoms with Crippen molar-refractivity contribution in [2.45, 2.75) is 29.9 Å². The van der Waals surface area contributed by atoms with Gasteiger partial charge in [-0.1, -0.05) is 32.0 Å². The normalized spacial score (nSPS) is 10.7. The highest BCUT2D eigenvalue weighted by Gasteiger charge is 2.11. The molecule has 114 valence electrons. The van der Waals surface area contributed by atoms with Crippen LogP contribution < -0.4 is 0 Å². The molecule has 0 saturated heterocycles. The molecule has 0 aliphatic carbocycles. The lowest BCUT2D eigenvalue weighted by Crippen LogP contribution is -2.00. The molecule has 0 bridgehead atoms. The minimum atomic E-state index is 0.371. The number of nitriles is 1. The zero-order valence-electron chi connectivity index (χ0n) is 12.7. The van der Waals surface area contributed by atoms with Gasteiger partial charge >= 0.3 is 0 Å². The molecule has 0 amide bonds. The van der Waals surface area contributed by atoms with E-state index in [9.17, 15) is 0 Å². The van der Waals surface area contributed by atoms with Gasteiger partial charge in [-0.05, 0) is 57.9 Å². The van der Waals surface area contributed by atoms with Crippen LogP contribution in [-0.4, -0.2) is 25.2 Å². The van der Waals surface area contributed by atoms with Gasteiger partial charge in [0, 0.05) is 0 Å². The minimum Gasteiger partial charge on any atom is -0.230 e. The Hall–Kier alpha value is -2.72. The van der Waals surface area contributed by atoms with Crippen molar-refractivity contribution in [2.75, 3.05) is 0 Å². The molecule has 0 atom stereocenters. The van der Waals surface area contributed by atoms with E-state index >= 15 is 0 Å². The first-order valence-electron chi connectivity index (χ1n) is 7.11. The van der Waals surface area contributed by atoms with Gasteiger partial charge < -0.3 is 0 Å². The summed E-state index contributed by atoms with van der Waals surface area (Å²) in [5.74, 6) is 0.477. The molecule has 3 aromatic rings. The van der Waals surface area contributed by atoms with E-state index in [1.807, 2.05) is 24.3 Å². The summed E-state index contributed by atoms with van der Waals surface area (Å²) in [6.07, 6.45) is 0. The SMILES string of the molecule is CC(C)c1ccc(-n2nnnc2Sc2cccc(C#N)n2)cc1. The molecule has 2 heterocycles. The van der Waals surface area contributed by atoms with Crippen LogP contribution in [0.15, 0.2) is 52.6 Å². The van der Waals surface area contributed by atoms with Gasteiger partial charge in [0.2, 0.25) is 5.16 Å². The first-order chi connectivity index (χ1) is 11.2. The fourth-order valence-corrected chi connectivity index (χ4v) is 2.82. The van der Waals surface area contributed by atoms with E-state index in [0.717, 1.165) is 5.69 Å². The van der Waals surface area contributed by atoms with Crippen LogP contribution in [-0.2, 0) is 0 Å². The van der Waals surface area contributed by atoms with E-state index in [-0.39, 0.29) is 0 Å². The average molecular weight is 322 g/mol. The molecule has 0 saturated carbocycles. The fraction of sp³-hybridized carbons (Fsp3) is 0.188. The van der Waals surface area contributed by atoms with Gasteiger partial charge in [-0.2, -0.15) is 9.94 Å². The summed E-state index contributed by atoms with van der Waals surface area (Å²) in [5, 5.41) is 22.0. The van der Waals surface area contributed by atoms with Crippen LogP contribution in [0.25, 0.3) is 5.69 Å². The maximum atomic E-state index is 8.92. The Labute approximate surface area is 138 Å². The van der Waals surface area contributed by atoms with Crippen molar-refractivity contribution < 1.29 is 0 Å². The number of tetrazole rings is 1. The van der Waals surface area contributed by atoms with Gasteiger partial charge in [-0.25, -0.2) is 4.98 Å². The molecule has 6 nitrogen and oxygen atoms in total. The summed E-state index contributed by atoms with van der Waals surface area (Å²) in [5.41, 5.74) is 2.52. The first kappa shape index (κ1) is 15.2. The summed E-state index contributed by atoms with van der Waals surface area (Å²) in [6, 6.07) is 15.4. The molecule has 0 aliphatic rings. The van der Waals surface area contributed by atoms with E-state index < -0.39 is 0 Å². The van der Waals surface area contributed by atoms with Crippen LogP contribution >= 0.6 is 11.8 Å². The number of hydrogen-bond acceptors (Lipinski definition) is 6. The molecular weight excluding hydrogens is 308 g/mol. The van der Waals surface area contributed by atoms with Gasteiger partial charge in [-0.15, -0.1) is 5.10 Å². The van der Waals surface area contributed by atoms with Crippen molar-refractivity contribution in [3.05, 3.63) is 53.7 Å². The number of benzene rings is 1. The maximum absolute atomic E-state index is 8.92. The topological polar surface area (TPSA) is 80.3 Å². The minimum absolute atomic E-state index is 0.371. The summed E-state index contributed by atoms with van der Waals surface area (Å²) in [7, 11) is 0. The van der Waals surface area contributed by atoms with E-state index in [1.54, 1.807) is 16.8 Å². The molecule has 0 N–H and O–H groups in total. The van der Waals surface area contributed by atoms with Crippen LogP contribution in [0.5, 0.6) is 0 Å². The number of nitrogens with zero attached hydrogens (tertiary/aromatic N) is 6. The van der Waals surface area contributed by atoms with Crippen LogP contribution in [0.2, 0.25) is 0 Å². The average Bonchev–Trinajstić information content (AvgIpc) is 3.03. The Morgan fingerprint density at radius 2 is 1.91 bits per heavy atom. The number of pyridine rings is 1. The lowest BCUT2D eigenvalue weighted by atomic mass is 10.0. The molecule has 0 aliphatic heterocycles. The Morgan fingerprint density at radius 3 is 2.61 bits per heavy atom. The molecule has 0 radical (unpaired) electrons. The number of aromatic nitrogens is 5. The number of hydrogen-bond donors (Lipinski definition) is 0. The van der Waals surface area contributed by atoms with Crippen molar-refractivity contribution in [2.24, 2.45) is 0 Å². The Morgan fingerprint density at radius 1 is 1.13 bits per heavy atom. The number of rotatable bonds is 4. The summed E-state index contributed by atoms with van der Waals surface area (Å²) in [4.78, 5) is 4.23. The predicted octanol–water partition coefficient (Wildman–Crippen LogP) is 3.20.